The maximum absolute atomic E-state index is 12.8. The number of oxime groups is 1. The lowest BCUT2D eigenvalue weighted by Crippen LogP contribution is -2.54. The second kappa shape index (κ2) is 9.05. The topological polar surface area (TPSA) is 140 Å². The van der Waals surface area contributed by atoms with Gasteiger partial charge in [-0.05, 0) is 13.3 Å². The molecule has 0 aromatic carbocycles. The molecule has 2 heterocycles. The number of nitrogens with two attached hydrogens (primary N) is 1. The fraction of sp³-hybridized carbons (Fsp3) is 0.529. The normalized spacial score (nSPS) is 20.9. The summed E-state index contributed by atoms with van der Waals surface area (Å²) in [4.78, 5) is 28.8. The minimum atomic E-state index is -1.49. The molecule has 0 unspecified atom stereocenters. The summed E-state index contributed by atoms with van der Waals surface area (Å²) in [6.07, 6.45) is 2.27. The summed E-state index contributed by atoms with van der Waals surface area (Å²) in [5.41, 5.74) is 4.39. The van der Waals surface area contributed by atoms with Crippen molar-refractivity contribution < 1.29 is 19.2 Å². The van der Waals surface area contributed by atoms with Crippen LogP contribution in [-0.4, -0.2) is 40.4 Å². The first-order valence-corrected chi connectivity index (χ1v) is 9.52. The van der Waals surface area contributed by atoms with E-state index in [0.29, 0.717) is 28.7 Å². The minimum absolute atomic E-state index is 0.212. The third kappa shape index (κ3) is 5.10. The fourth-order valence-electron chi connectivity index (χ4n) is 2.51. The van der Waals surface area contributed by atoms with Crippen LogP contribution in [0.5, 0.6) is 5.75 Å². The average Bonchev–Trinajstić information content (AvgIpc) is 3.07. The van der Waals surface area contributed by atoms with Crippen LogP contribution in [0.3, 0.4) is 0 Å². The number of hydrogen-bond acceptors (Lipinski definition) is 9. The largest absolute Gasteiger partial charge is 0.496 e. The van der Waals surface area contributed by atoms with Gasteiger partial charge in [-0.2, -0.15) is 0 Å². The maximum Gasteiger partial charge on any atom is 0.339 e. The van der Waals surface area contributed by atoms with E-state index in [-0.39, 0.29) is 5.75 Å². The molecule has 2 atom stereocenters. The first-order valence-electron chi connectivity index (χ1n) is 8.53. The number of carbonyl (C=O) groups is 1. The van der Waals surface area contributed by atoms with Crippen LogP contribution in [0.25, 0.3) is 0 Å². The number of aliphatic imine (C=N–C) groups is 1. The van der Waals surface area contributed by atoms with Crippen LogP contribution in [0.1, 0.15) is 44.9 Å². The molecule has 1 amide bonds. The highest BCUT2D eigenvalue weighted by atomic mass is 32.2. The number of thioether (sulfide) groups is 1. The van der Waals surface area contributed by atoms with Gasteiger partial charge in [-0.3, -0.25) is 10.5 Å². The lowest BCUT2D eigenvalue weighted by molar-refractivity contribution is -0.126. The molecular weight excluding hydrogens is 372 g/mol. The number of nitrogens with one attached hydrogen (secondary N) is 1. The van der Waals surface area contributed by atoms with Crippen molar-refractivity contribution in [3.8, 4) is 5.75 Å². The summed E-state index contributed by atoms with van der Waals surface area (Å²) in [5, 5.41) is 15.2. The van der Waals surface area contributed by atoms with Crippen molar-refractivity contribution in [3.05, 3.63) is 28.3 Å². The van der Waals surface area contributed by atoms with E-state index in [1.54, 1.807) is 13.0 Å². The zero-order valence-electron chi connectivity index (χ0n) is 15.5. The predicted molar refractivity (Wildman–Crippen MR) is 104 cm³/mol. The first-order chi connectivity index (χ1) is 12.8. The van der Waals surface area contributed by atoms with Crippen LogP contribution in [-0.2, 0) is 4.79 Å². The van der Waals surface area contributed by atoms with Gasteiger partial charge in [0.2, 0.25) is 0 Å². The van der Waals surface area contributed by atoms with Gasteiger partial charge in [0, 0.05) is 11.8 Å². The smallest absolute Gasteiger partial charge is 0.339 e. The maximum atomic E-state index is 12.8. The van der Waals surface area contributed by atoms with Gasteiger partial charge in [-0.25, -0.2) is 9.79 Å². The molecule has 2 rings (SSSR count). The molecule has 0 spiro atoms. The van der Waals surface area contributed by atoms with Crippen LogP contribution in [0, 0.1) is 0 Å². The highest BCUT2D eigenvalue weighted by Crippen LogP contribution is 2.27. The molecule has 0 bridgehead atoms. The summed E-state index contributed by atoms with van der Waals surface area (Å²) in [5.74, 6) is 0.366. The van der Waals surface area contributed by atoms with Crippen molar-refractivity contribution in [1.82, 2.24) is 5.32 Å². The molecule has 1 aromatic rings. The molecule has 0 fully saturated rings. The Kier molecular flexibility index (Phi) is 7.03. The minimum Gasteiger partial charge on any atom is -0.496 e. The number of methoxy groups -OCH3 is 1. The Labute approximate surface area is 161 Å². The molecule has 10 heteroatoms. The highest BCUT2D eigenvalue weighted by molar-refractivity contribution is 8.16. The molecule has 0 aliphatic carbocycles. The van der Waals surface area contributed by atoms with Crippen LogP contribution < -0.4 is 21.4 Å². The van der Waals surface area contributed by atoms with E-state index in [1.807, 2.05) is 6.92 Å². The number of hydrogen-bond donors (Lipinski definition) is 3. The van der Waals surface area contributed by atoms with Crippen LogP contribution in [0.4, 0.5) is 0 Å². The zero-order valence-corrected chi connectivity index (χ0v) is 16.3. The second-order valence-corrected chi connectivity index (χ2v) is 7.17. The molecule has 9 nitrogen and oxygen atoms in total. The van der Waals surface area contributed by atoms with Crippen molar-refractivity contribution in [2.75, 3.05) is 12.9 Å². The Bertz CT molecular complexity index is 807. The predicted octanol–water partition coefficient (Wildman–Crippen LogP) is 1.65. The van der Waals surface area contributed by atoms with E-state index in [1.165, 1.54) is 24.9 Å². The van der Waals surface area contributed by atoms with E-state index in [9.17, 15) is 9.59 Å². The van der Waals surface area contributed by atoms with E-state index in [2.05, 4.69) is 15.5 Å². The van der Waals surface area contributed by atoms with Gasteiger partial charge in [-0.15, -0.1) is 11.8 Å². The van der Waals surface area contributed by atoms with Gasteiger partial charge in [0.05, 0.1) is 19.2 Å². The summed E-state index contributed by atoms with van der Waals surface area (Å²) in [6.45, 7) is 3.59. The number of carbonyl (C=O) groups excluding carboxylic acids is 1. The number of nitrogens with zero attached hydrogens (tertiary/aromatic N) is 2. The number of ether oxygens (including phenoxy) is 1. The molecule has 148 valence electrons. The van der Waals surface area contributed by atoms with Gasteiger partial charge in [0.1, 0.15) is 22.3 Å². The second-order valence-electron chi connectivity index (χ2n) is 6.20. The lowest BCUT2D eigenvalue weighted by Gasteiger charge is -2.24. The molecule has 1 aliphatic heterocycles. The first kappa shape index (κ1) is 21.0. The zero-order chi connectivity index (χ0) is 20.0. The van der Waals surface area contributed by atoms with Crippen molar-refractivity contribution in [2.45, 2.75) is 44.8 Å². The lowest BCUT2D eigenvalue weighted by atomic mass is 10.1. The van der Waals surface area contributed by atoms with Gasteiger partial charge in [-0.1, -0.05) is 24.9 Å². The third-order valence-electron chi connectivity index (χ3n) is 4.08. The Hall–Kier alpha value is -2.33. The molecule has 27 heavy (non-hydrogen) atoms. The molecule has 0 saturated heterocycles. The summed E-state index contributed by atoms with van der Waals surface area (Å²) in [7, 11) is 1.45. The van der Waals surface area contributed by atoms with Gasteiger partial charge >= 0.3 is 5.63 Å². The molecule has 4 N–H and O–H groups in total. The number of unbranched alkanes of at least 4 members (excludes halogenated alkanes) is 1. The monoisotopic (exact) mass is 396 g/mol. The molecule has 0 saturated carbocycles. The quantitative estimate of drug-likeness (QED) is 0.345. The Morgan fingerprint density at radius 1 is 1.59 bits per heavy atom. The molecule has 1 aromatic heterocycles. The van der Waals surface area contributed by atoms with Crippen LogP contribution >= 0.6 is 11.8 Å². The molecule has 1 aliphatic rings. The van der Waals surface area contributed by atoms with Gasteiger partial charge in [0.25, 0.3) is 5.91 Å². The van der Waals surface area contributed by atoms with Crippen molar-refractivity contribution in [3.63, 3.8) is 0 Å². The van der Waals surface area contributed by atoms with E-state index >= 15 is 0 Å². The van der Waals surface area contributed by atoms with Crippen molar-refractivity contribution >= 4 is 28.4 Å². The van der Waals surface area contributed by atoms with Crippen LogP contribution in [0.2, 0.25) is 0 Å². The third-order valence-corrected chi connectivity index (χ3v) is 5.32. The molecule has 0 radical (unpaired) electrons. The van der Waals surface area contributed by atoms with Crippen molar-refractivity contribution in [2.24, 2.45) is 15.9 Å². The Morgan fingerprint density at radius 3 is 2.96 bits per heavy atom. The fourth-order valence-corrected chi connectivity index (χ4v) is 3.54. The average molecular weight is 396 g/mol. The van der Waals surface area contributed by atoms with Crippen molar-refractivity contribution in [1.29, 1.82) is 0 Å². The highest BCUT2D eigenvalue weighted by Gasteiger charge is 2.41. The van der Waals surface area contributed by atoms with E-state index in [4.69, 9.17) is 20.1 Å². The Balaban J connectivity index is 2.26. The van der Waals surface area contributed by atoms with Gasteiger partial charge < -0.3 is 19.7 Å². The van der Waals surface area contributed by atoms with Gasteiger partial charge in [0.15, 0.2) is 5.66 Å². The summed E-state index contributed by atoms with van der Waals surface area (Å²) >= 11 is 1.24. The summed E-state index contributed by atoms with van der Waals surface area (Å²) < 4.78 is 10.4. The standard InChI is InChI=1S/C17H24N4O5S/c1-4-5-6-12(13-7-11(25-3)8-14(22)26-13)19-16(23)17(18)9-27-15(20-17)10(2)21-24/h7-8,12,24H,4-6,9,18H2,1-3H3,(H,19,23)/b21-10-/t12-,17+/m1/s1. The van der Waals surface area contributed by atoms with E-state index < -0.39 is 23.2 Å². The van der Waals surface area contributed by atoms with Crippen LogP contribution in [0.15, 0.2) is 31.5 Å². The number of rotatable bonds is 8. The SMILES string of the molecule is CCCC[C@@H](NC(=O)[C@]1(N)CSC(/C(C)=N\O)=N1)c1cc(OC)cc(=O)o1. The molecular formula is C17H24N4O5S. The van der Waals surface area contributed by atoms with E-state index in [0.717, 1.165) is 12.8 Å². The Morgan fingerprint density at radius 2 is 2.33 bits per heavy atom. The summed E-state index contributed by atoms with van der Waals surface area (Å²) in [6, 6.07) is 2.26. The number of amides is 1.